The van der Waals surface area contributed by atoms with Gasteiger partial charge in [-0.3, -0.25) is 19.7 Å². The summed E-state index contributed by atoms with van der Waals surface area (Å²) in [6.45, 7) is 2.67. The van der Waals surface area contributed by atoms with Crippen LogP contribution in [0, 0.1) is 10.1 Å². The molecular weight excluding hydrogens is 356 g/mol. The molecule has 0 spiro atoms. The number of hydrazone groups is 1. The number of hydrogen-bond donors (Lipinski definition) is 1. The van der Waals surface area contributed by atoms with Crippen LogP contribution in [0.2, 0.25) is 0 Å². The van der Waals surface area contributed by atoms with Gasteiger partial charge in [-0.15, -0.1) is 5.10 Å². The molecule has 0 saturated heterocycles. The van der Waals surface area contributed by atoms with Crippen molar-refractivity contribution in [3.8, 4) is 0 Å². The number of carbonyl (C=O) groups is 2. The lowest BCUT2D eigenvalue weighted by Gasteiger charge is -2.18. The van der Waals surface area contributed by atoms with E-state index in [0.717, 1.165) is 11.8 Å². The highest BCUT2D eigenvalue weighted by Crippen LogP contribution is 2.33. The van der Waals surface area contributed by atoms with Crippen molar-refractivity contribution in [2.24, 2.45) is 5.10 Å². The number of benzene rings is 1. The lowest BCUT2D eigenvalue weighted by molar-refractivity contribution is -0.384. The van der Waals surface area contributed by atoms with Crippen LogP contribution in [0.5, 0.6) is 0 Å². The number of amidine groups is 1. The number of carbonyl (C=O) groups excluding carboxylic acids is 2. The van der Waals surface area contributed by atoms with Gasteiger partial charge >= 0.3 is 0 Å². The largest absolute Gasteiger partial charge is 0.304 e. The summed E-state index contributed by atoms with van der Waals surface area (Å²) >= 11 is 7.42. The topological polar surface area (TPSA) is 105 Å². The van der Waals surface area contributed by atoms with Crippen LogP contribution in [0.4, 0.5) is 5.69 Å². The maximum atomic E-state index is 11.7. The fourth-order valence-electron chi connectivity index (χ4n) is 1.87. The summed E-state index contributed by atoms with van der Waals surface area (Å²) in [5.41, 5.74) is 0.614. The van der Waals surface area contributed by atoms with E-state index in [1.807, 2.05) is 0 Å². The second-order valence-electron chi connectivity index (χ2n) is 4.80. The summed E-state index contributed by atoms with van der Waals surface area (Å²) in [4.78, 5) is 33.0. The third-order valence-corrected chi connectivity index (χ3v) is 4.42. The summed E-state index contributed by atoms with van der Waals surface area (Å²) < 4.78 is 0. The minimum absolute atomic E-state index is 0.0276. The number of nitro groups is 1. The molecule has 24 heavy (non-hydrogen) atoms. The molecule has 1 heterocycles. The molecule has 8 nitrogen and oxygen atoms in total. The summed E-state index contributed by atoms with van der Waals surface area (Å²) in [7, 11) is 0. The van der Waals surface area contributed by atoms with Crippen LogP contribution in [0.3, 0.4) is 0 Å². The Bertz CT molecular complexity index is 748. The monoisotopic (exact) mass is 368 g/mol. The quantitative estimate of drug-likeness (QED) is 0.651. The molecule has 0 aromatic heterocycles. The first-order chi connectivity index (χ1) is 11.3. The second-order valence-corrected chi connectivity index (χ2v) is 6.30. The Kier molecular flexibility index (Phi) is 5.58. The van der Waals surface area contributed by atoms with Gasteiger partial charge < -0.3 is 5.32 Å². The van der Waals surface area contributed by atoms with E-state index >= 15 is 0 Å². The minimum atomic E-state index is -0.610. The molecule has 1 atom stereocenters. The number of halogens is 1. The average molecular weight is 369 g/mol. The van der Waals surface area contributed by atoms with Gasteiger partial charge in [0.2, 0.25) is 11.8 Å². The number of amides is 2. The van der Waals surface area contributed by atoms with Crippen LogP contribution in [-0.2, 0) is 9.59 Å². The molecular formula is C14H13ClN4O4S. The maximum absolute atomic E-state index is 11.7. The number of hydrogen-bond acceptors (Lipinski definition) is 6. The minimum Gasteiger partial charge on any atom is -0.304 e. The predicted octanol–water partition coefficient (Wildman–Crippen LogP) is 2.50. The van der Waals surface area contributed by atoms with Crippen molar-refractivity contribution in [1.82, 2.24) is 10.3 Å². The zero-order valence-electron chi connectivity index (χ0n) is 12.7. The number of nitro benzene ring substituents is 1. The fourth-order valence-corrected chi connectivity index (χ4v) is 3.24. The van der Waals surface area contributed by atoms with E-state index in [0.29, 0.717) is 10.6 Å². The molecule has 1 aliphatic rings. The van der Waals surface area contributed by atoms with E-state index in [2.05, 4.69) is 10.4 Å². The molecule has 0 aliphatic carbocycles. The van der Waals surface area contributed by atoms with Gasteiger partial charge in [0, 0.05) is 26.0 Å². The SMILES string of the molecule is CC(=O)NC1=NN(C(C)=O)C(C(Cl)=Cc2ccc([N+](=O)[O-])cc2)S1. The Labute approximate surface area is 146 Å². The van der Waals surface area contributed by atoms with Crippen LogP contribution in [0.25, 0.3) is 6.08 Å². The van der Waals surface area contributed by atoms with E-state index in [4.69, 9.17) is 11.6 Å². The first-order valence-electron chi connectivity index (χ1n) is 6.72. The van der Waals surface area contributed by atoms with Crippen molar-refractivity contribution in [2.45, 2.75) is 19.2 Å². The van der Waals surface area contributed by atoms with Crippen LogP contribution in [0.1, 0.15) is 19.4 Å². The molecule has 0 fully saturated rings. The van der Waals surface area contributed by atoms with E-state index in [9.17, 15) is 19.7 Å². The van der Waals surface area contributed by atoms with Crippen molar-refractivity contribution in [3.63, 3.8) is 0 Å². The van der Waals surface area contributed by atoms with Crippen molar-refractivity contribution in [1.29, 1.82) is 0 Å². The summed E-state index contributed by atoms with van der Waals surface area (Å²) in [5.74, 6) is -0.635. The Morgan fingerprint density at radius 3 is 2.50 bits per heavy atom. The molecule has 0 radical (unpaired) electrons. The molecule has 1 aliphatic heterocycles. The number of thioether (sulfide) groups is 1. The summed E-state index contributed by atoms with van der Waals surface area (Å²) in [6, 6.07) is 5.82. The Morgan fingerprint density at radius 1 is 1.38 bits per heavy atom. The van der Waals surface area contributed by atoms with Gasteiger partial charge in [-0.1, -0.05) is 23.4 Å². The van der Waals surface area contributed by atoms with Crippen molar-refractivity contribution < 1.29 is 14.5 Å². The third kappa shape index (κ3) is 4.33. The molecule has 0 saturated carbocycles. The van der Waals surface area contributed by atoms with E-state index in [1.165, 1.54) is 31.0 Å². The zero-order chi connectivity index (χ0) is 17.9. The lowest BCUT2D eigenvalue weighted by Crippen LogP contribution is -2.29. The smallest absolute Gasteiger partial charge is 0.269 e. The number of nitrogens with one attached hydrogen (secondary N) is 1. The fraction of sp³-hybridized carbons (Fsp3) is 0.214. The van der Waals surface area contributed by atoms with Crippen LogP contribution >= 0.6 is 23.4 Å². The molecule has 1 unspecified atom stereocenters. The van der Waals surface area contributed by atoms with Crippen molar-refractivity contribution in [2.75, 3.05) is 0 Å². The van der Waals surface area contributed by atoms with Gasteiger partial charge in [-0.05, 0) is 23.8 Å². The Hall–Kier alpha value is -2.39. The standard InChI is InChI=1S/C14H13ClN4O4S/c1-8(20)16-14-17-18(9(2)21)13(24-14)12(15)7-10-3-5-11(6-4-10)19(22)23/h3-7,13H,1-2H3,(H,16,17,20). The van der Waals surface area contributed by atoms with Gasteiger partial charge in [0.15, 0.2) is 5.17 Å². The summed E-state index contributed by atoms with van der Waals surface area (Å²) in [5, 5.41) is 18.3. The highest BCUT2D eigenvalue weighted by atomic mass is 35.5. The van der Waals surface area contributed by atoms with Gasteiger partial charge in [0.25, 0.3) is 5.69 Å². The number of rotatable bonds is 3. The molecule has 10 heteroatoms. The lowest BCUT2D eigenvalue weighted by atomic mass is 10.2. The zero-order valence-corrected chi connectivity index (χ0v) is 14.3. The molecule has 0 bridgehead atoms. The Morgan fingerprint density at radius 2 is 2.00 bits per heavy atom. The van der Waals surface area contributed by atoms with Gasteiger partial charge in [0.1, 0.15) is 5.37 Å². The normalized spacial score (nSPS) is 17.5. The highest BCUT2D eigenvalue weighted by molar-refractivity contribution is 8.14. The molecule has 1 N–H and O–H groups in total. The number of non-ortho nitro benzene ring substituents is 1. The van der Waals surface area contributed by atoms with E-state index < -0.39 is 10.3 Å². The average Bonchev–Trinajstić information content (AvgIpc) is 2.91. The van der Waals surface area contributed by atoms with Crippen molar-refractivity contribution >= 4 is 52.1 Å². The van der Waals surface area contributed by atoms with Crippen LogP contribution in [-0.4, -0.2) is 32.3 Å². The van der Waals surface area contributed by atoms with Gasteiger partial charge in [-0.2, -0.15) is 0 Å². The van der Waals surface area contributed by atoms with Crippen LogP contribution < -0.4 is 5.32 Å². The van der Waals surface area contributed by atoms with E-state index in [-0.39, 0.29) is 22.7 Å². The molecule has 2 rings (SSSR count). The van der Waals surface area contributed by atoms with Gasteiger partial charge in [0.05, 0.1) is 9.96 Å². The third-order valence-electron chi connectivity index (χ3n) is 2.89. The molecule has 126 valence electrons. The van der Waals surface area contributed by atoms with E-state index in [1.54, 1.807) is 18.2 Å². The highest BCUT2D eigenvalue weighted by Gasteiger charge is 2.33. The van der Waals surface area contributed by atoms with Crippen LogP contribution in [0.15, 0.2) is 34.4 Å². The first-order valence-corrected chi connectivity index (χ1v) is 7.98. The number of nitrogens with zero attached hydrogens (tertiary/aromatic N) is 3. The summed E-state index contributed by atoms with van der Waals surface area (Å²) in [6.07, 6.45) is 1.59. The molecule has 1 aromatic carbocycles. The predicted molar refractivity (Wildman–Crippen MR) is 92.1 cm³/mol. The first kappa shape index (κ1) is 18.0. The van der Waals surface area contributed by atoms with Gasteiger partial charge in [-0.25, -0.2) is 5.01 Å². The Balaban J connectivity index is 2.21. The second kappa shape index (κ2) is 7.45. The maximum Gasteiger partial charge on any atom is 0.269 e. The molecule has 2 amide bonds. The van der Waals surface area contributed by atoms with Crippen molar-refractivity contribution in [3.05, 3.63) is 45.0 Å². The molecule has 1 aromatic rings.